The van der Waals surface area contributed by atoms with E-state index < -0.39 is 0 Å². The number of carbonyl (C=O) groups excluding carboxylic acids is 2. The predicted molar refractivity (Wildman–Crippen MR) is 131 cm³/mol. The van der Waals surface area contributed by atoms with Crippen molar-refractivity contribution in [2.75, 3.05) is 39.8 Å². The number of nitrogens with zero attached hydrogens (tertiary/aromatic N) is 2. The molecule has 2 aliphatic heterocycles. The third kappa shape index (κ3) is 5.52. The van der Waals surface area contributed by atoms with E-state index in [1.807, 2.05) is 36.1 Å². The topological polar surface area (TPSA) is 77.7 Å². The molecule has 0 saturated carbocycles. The van der Waals surface area contributed by atoms with Crippen LogP contribution in [-0.4, -0.2) is 72.5 Å². The number of H-pyrrole nitrogens is 1. The highest BCUT2D eigenvalue weighted by atomic mass is 16.5. The fraction of sp³-hybridized carbons (Fsp3) is 0.615. The molecule has 180 valence electrons. The monoisotopic (exact) mass is 454 g/mol. The average Bonchev–Trinajstić information content (AvgIpc) is 3.27. The summed E-state index contributed by atoms with van der Waals surface area (Å²) in [5.41, 5.74) is 1.51. The summed E-state index contributed by atoms with van der Waals surface area (Å²) in [6.07, 6.45) is 5.55. The van der Waals surface area contributed by atoms with Gasteiger partial charge >= 0.3 is 0 Å². The lowest BCUT2D eigenvalue weighted by Crippen LogP contribution is -2.45. The molecule has 2 fully saturated rings. The number of carbonyl (C=O) groups is 2. The number of amides is 2. The van der Waals surface area contributed by atoms with Crippen molar-refractivity contribution in [3.05, 3.63) is 30.0 Å². The van der Waals surface area contributed by atoms with Crippen LogP contribution in [0.4, 0.5) is 0 Å². The molecule has 1 aromatic heterocycles. The lowest BCUT2D eigenvalue weighted by molar-refractivity contribution is -0.126. The molecule has 2 saturated heterocycles. The van der Waals surface area contributed by atoms with Gasteiger partial charge in [0.25, 0.3) is 5.91 Å². The minimum absolute atomic E-state index is 0.0244. The summed E-state index contributed by atoms with van der Waals surface area (Å²) < 4.78 is 5.27. The van der Waals surface area contributed by atoms with Crippen molar-refractivity contribution in [1.82, 2.24) is 20.1 Å². The van der Waals surface area contributed by atoms with Crippen LogP contribution < -0.4 is 10.1 Å². The van der Waals surface area contributed by atoms with Crippen molar-refractivity contribution in [2.24, 2.45) is 11.8 Å². The van der Waals surface area contributed by atoms with E-state index in [1.54, 1.807) is 7.11 Å². The summed E-state index contributed by atoms with van der Waals surface area (Å²) in [5, 5.41) is 4.15. The zero-order valence-electron chi connectivity index (χ0n) is 20.2. The maximum absolute atomic E-state index is 13.0. The van der Waals surface area contributed by atoms with Crippen molar-refractivity contribution in [2.45, 2.75) is 52.0 Å². The van der Waals surface area contributed by atoms with Gasteiger partial charge in [-0.15, -0.1) is 0 Å². The van der Waals surface area contributed by atoms with E-state index in [-0.39, 0.29) is 17.7 Å². The summed E-state index contributed by atoms with van der Waals surface area (Å²) in [7, 11) is 1.64. The molecule has 4 rings (SSSR count). The van der Waals surface area contributed by atoms with Gasteiger partial charge in [-0.1, -0.05) is 13.3 Å². The maximum atomic E-state index is 13.0. The predicted octanol–water partition coefficient (Wildman–Crippen LogP) is 3.66. The van der Waals surface area contributed by atoms with Crippen molar-refractivity contribution < 1.29 is 14.3 Å². The molecular weight excluding hydrogens is 416 g/mol. The number of methoxy groups -OCH3 is 1. The summed E-state index contributed by atoms with van der Waals surface area (Å²) >= 11 is 0. The second kappa shape index (κ2) is 10.6. The molecule has 3 heterocycles. The molecule has 0 spiro atoms. The minimum atomic E-state index is -0.0263. The lowest BCUT2D eigenvalue weighted by Gasteiger charge is -2.35. The summed E-state index contributed by atoms with van der Waals surface area (Å²) in [6.45, 7) is 8.48. The number of ether oxygens (including phenoxy) is 1. The molecular formula is C26H38N4O3. The van der Waals surface area contributed by atoms with E-state index in [0.29, 0.717) is 30.7 Å². The second-order valence-corrected chi connectivity index (χ2v) is 9.73. The van der Waals surface area contributed by atoms with Crippen LogP contribution in [0.3, 0.4) is 0 Å². The van der Waals surface area contributed by atoms with E-state index in [1.165, 1.54) is 19.3 Å². The number of aromatic nitrogens is 1. The largest absolute Gasteiger partial charge is 0.497 e. The molecule has 2 aliphatic rings. The molecule has 1 aromatic carbocycles. The Kier molecular flexibility index (Phi) is 7.58. The fourth-order valence-corrected chi connectivity index (χ4v) is 5.31. The first-order chi connectivity index (χ1) is 16.0. The normalized spacial score (nSPS) is 21.2. The SMILES string of the molecule is COc1ccc2cc(C(=O)N3CCC([C@H](C)C(=O)NCCN4CCCC[C@@H]4C)CC3)[nH]c2c1. The second-order valence-electron chi connectivity index (χ2n) is 9.73. The number of aromatic amines is 1. The number of hydrogen-bond donors (Lipinski definition) is 2. The number of rotatable bonds is 7. The molecule has 7 nitrogen and oxygen atoms in total. The smallest absolute Gasteiger partial charge is 0.270 e. The minimum Gasteiger partial charge on any atom is -0.497 e. The molecule has 2 atom stereocenters. The number of fused-ring (bicyclic) bond motifs is 1. The van der Waals surface area contributed by atoms with Crippen molar-refractivity contribution in [3.63, 3.8) is 0 Å². The Morgan fingerprint density at radius 3 is 2.67 bits per heavy atom. The van der Waals surface area contributed by atoms with Gasteiger partial charge in [0.1, 0.15) is 11.4 Å². The van der Waals surface area contributed by atoms with Gasteiger partial charge < -0.3 is 19.9 Å². The summed E-state index contributed by atoms with van der Waals surface area (Å²) in [4.78, 5) is 33.4. The molecule has 0 unspecified atom stereocenters. The van der Waals surface area contributed by atoms with Crippen LogP contribution in [0.2, 0.25) is 0 Å². The van der Waals surface area contributed by atoms with Gasteiger partial charge in [-0.3, -0.25) is 14.5 Å². The number of likely N-dealkylation sites (tertiary alicyclic amines) is 2. The number of hydrogen-bond acceptors (Lipinski definition) is 4. The first-order valence-electron chi connectivity index (χ1n) is 12.4. The number of nitrogens with one attached hydrogen (secondary N) is 2. The third-order valence-corrected chi connectivity index (χ3v) is 7.65. The van der Waals surface area contributed by atoms with Gasteiger partial charge in [-0.2, -0.15) is 0 Å². The van der Waals surface area contributed by atoms with E-state index in [2.05, 4.69) is 22.1 Å². The van der Waals surface area contributed by atoms with E-state index >= 15 is 0 Å². The van der Waals surface area contributed by atoms with Gasteiger partial charge in [-0.05, 0) is 63.3 Å². The molecule has 0 bridgehead atoms. The van der Waals surface area contributed by atoms with E-state index in [0.717, 1.165) is 49.1 Å². The van der Waals surface area contributed by atoms with Crippen LogP contribution in [0.1, 0.15) is 56.4 Å². The van der Waals surface area contributed by atoms with Gasteiger partial charge in [0, 0.05) is 55.1 Å². The van der Waals surface area contributed by atoms with Gasteiger partial charge in [0.05, 0.1) is 7.11 Å². The van der Waals surface area contributed by atoms with Crippen molar-refractivity contribution in [3.8, 4) is 5.75 Å². The van der Waals surface area contributed by atoms with Gasteiger partial charge in [0.2, 0.25) is 5.91 Å². The summed E-state index contributed by atoms with van der Waals surface area (Å²) in [6, 6.07) is 8.29. The fourth-order valence-electron chi connectivity index (χ4n) is 5.31. The molecule has 0 aliphatic carbocycles. The standard InChI is InChI=1S/C26H38N4O3/c1-18-6-4-5-12-29(18)15-11-27-25(31)19(2)20-9-13-30(14-10-20)26(32)24-16-21-7-8-22(33-3)17-23(21)28-24/h7-8,16-20,28H,4-6,9-15H2,1-3H3,(H,27,31)/t18-,19-/m0/s1. The highest BCUT2D eigenvalue weighted by Crippen LogP contribution is 2.27. The quantitative estimate of drug-likeness (QED) is 0.669. The van der Waals surface area contributed by atoms with E-state index in [9.17, 15) is 9.59 Å². The molecule has 0 radical (unpaired) electrons. The average molecular weight is 455 g/mol. The van der Waals surface area contributed by atoms with Crippen LogP contribution in [0, 0.1) is 11.8 Å². The van der Waals surface area contributed by atoms with Crippen LogP contribution in [0.15, 0.2) is 24.3 Å². The zero-order chi connectivity index (χ0) is 23.4. The first kappa shape index (κ1) is 23.6. The molecule has 33 heavy (non-hydrogen) atoms. The van der Waals surface area contributed by atoms with Crippen LogP contribution in [-0.2, 0) is 4.79 Å². The van der Waals surface area contributed by atoms with Crippen LogP contribution >= 0.6 is 0 Å². The Bertz CT molecular complexity index is 964. The highest BCUT2D eigenvalue weighted by molar-refractivity contribution is 5.98. The highest BCUT2D eigenvalue weighted by Gasteiger charge is 2.30. The van der Waals surface area contributed by atoms with Gasteiger partial charge in [0.15, 0.2) is 0 Å². The van der Waals surface area contributed by atoms with Crippen molar-refractivity contribution >= 4 is 22.7 Å². The molecule has 2 aromatic rings. The molecule has 2 amide bonds. The molecule has 7 heteroatoms. The number of benzene rings is 1. The zero-order valence-corrected chi connectivity index (χ0v) is 20.2. The van der Waals surface area contributed by atoms with E-state index in [4.69, 9.17) is 4.74 Å². The third-order valence-electron chi connectivity index (χ3n) is 7.65. The number of piperidine rings is 2. The summed E-state index contributed by atoms with van der Waals surface area (Å²) in [5.74, 6) is 1.23. The Hall–Kier alpha value is -2.54. The van der Waals surface area contributed by atoms with Crippen LogP contribution in [0.25, 0.3) is 10.9 Å². The van der Waals surface area contributed by atoms with Gasteiger partial charge in [-0.25, -0.2) is 0 Å². The Balaban J connectivity index is 1.24. The Morgan fingerprint density at radius 1 is 1.15 bits per heavy atom. The first-order valence-corrected chi connectivity index (χ1v) is 12.4. The Labute approximate surface area is 196 Å². The lowest BCUT2D eigenvalue weighted by atomic mass is 9.84. The van der Waals surface area contributed by atoms with Crippen molar-refractivity contribution in [1.29, 1.82) is 0 Å². The Morgan fingerprint density at radius 2 is 1.94 bits per heavy atom. The maximum Gasteiger partial charge on any atom is 0.270 e. The van der Waals surface area contributed by atoms with Crippen LogP contribution in [0.5, 0.6) is 5.75 Å². The molecule has 2 N–H and O–H groups in total.